The third-order valence-electron chi connectivity index (χ3n) is 8.64. The molecule has 0 bridgehead atoms. The number of amides is 4. The SMILES string of the molecule is CCN1C(=O)NC(c2cccc(Oc3ccccc3)c2)C2=C1CN(C(Cc1ccccc1)C(=O)NC1CCCCC1)C2=O. The molecule has 2 atom stereocenters. The van der Waals surface area contributed by atoms with Gasteiger partial charge in [0, 0.05) is 19.0 Å². The van der Waals surface area contributed by atoms with E-state index in [0.717, 1.165) is 36.8 Å². The van der Waals surface area contributed by atoms with Crippen molar-refractivity contribution < 1.29 is 19.1 Å². The predicted octanol–water partition coefficient (Wildman–Crippen LogP) is 5.72. The van der Waals surface area contributed by atoms with Crippen molar-refractivity contribution in [3.63, 3.8) is 0 Å². The van der Waals surface area contributed by atoms with Crippen molar-refractivity contribution in [3.05, 3.63) is 107 Å². The molecule has 0 radical (unpaired) electrons. The molecular weight excluding hydrogens is 540 g/mol. The summed E-state index contributed by atoms with van der Waals surface area (Å²) in [6.45, 7) is 2.50. The van der Waals surface area contributed by atoms with Crippen LogP contribution in [0, 0.1) is 0 Å². The Kier molecular flexibility index (Phi) is 8.45. The van der Waals surface area contributed by atoms with E-state index < -0.39 is 12.1 Å². The highest BCUT2D eigenvalue weighted by molar-refractivity contribution is 6.03. The van der Waals surface area contributed by atoms with Crippen molar-refractivity contribution in [2.24, 2.45) is 0 Å². The maximum absolute atomic E-state index is 14.4. The van der Waals surface area contributed by atoms with Crippen LogP contribution in [0.1, 0.15) is 56.2 Å². The maximum Gasteiger partial charge on any atom is 0.322 e. The number of likely N-dealkylation sites (N-methyl/N-ethyl adjacent to an activating group) is 1. The van der Waals surface area contributed by atoms with Gasteiger partial charge in [0.25, 0.3) is 5.91 Å². The van der Waals surface area contributed by atoms with E-state index in [9.17, 15) is 14.4 Å². The van der Waals surface area contributed by atoms with Gasteiger partial charge in [0.2, 0.25) is 5.91 Å². The second-order valence-corrected chi connectivity index (χ2v) is 11.5. The summed E-state index contributed by atoms with van der Waals surface area (Å²) in [7, 11) is 0. The second kappa shape index (κ2) is 12.7. The zero-order valence-corrected chi connectivity index (χ0v) is 24.5. The molecule has 222 valence electrons. The molecule has 2 N–H and O–H groups in total. The first-order valence-corrected chi connectivity index (χ1v) is 15.3. The van der Waals surface area contributed by atoms with E-state index in [4.69, 9.17) is 4.74 Å². The number of rotatable bonds is 9. The summed E-state index contributed by atoms with van der Waals surface area (Å²) in [5, 5.41) is 6.32. The van der Waals surface area contributed by atoms with Gasteiger partial charge in [0.05, 0.1) is 23.9 Å². The summed E-state index contributed by atoms with van der Waals surface area (Å²) in [5.74, 6) is 0.933. The normalized spacial score (nSPS) is 19.6. The Labute approximate surface area is 252 Å². The molecule has 2 heterocycles. The van der Waals surface area contributed by atoms with Crippen LogP contribution < -0.4 is 15.4 Å². The van der Waals surface area contributed by atoms with E-state index in [1.165, 1.54) is 6.42 Å². The first kappa shape index (κ1) is 28.5. The molecule has 1 fully saturated rings. The number of nitrogens with one attached hydrogen (secondary N) is 2. The summed E-state index contributed by atoms with van der Waals surface area (Å²) in [5.41, 5.74) is 2.88. The van der Waals surface area contributed by atoms with Crippen LogP contribution in [0.15, 0.2) is 96.2 Å². The lowest BCUT2D eigenvalue weighted by atomic mass is 9.94. The highest BCUT2D eigenvalue weighted by Crippen LogP contribution is 2.38. The Morgan fingerprint density at radius 3 is 2.35 bits per heavy atom. The Hall–Kier alpha value is -4.59. The second-order valence-electron chi connectivity index (χ2n) is 11.5. The van der Waals surface area contributed by atoms with Gasteiger partial charge in [-0.2, -0.15) is 0 Å². The molecule has 8 heteroatoms. The number of benzene rings is 3. The molecule has 43 heavy (non-hydrogen) atoms. The van der Waals surface area contributed by atoms with Crippen molar-refractivity contribution in [1.29, 1.82) is 0 Å². The number of carbonyl (C=O) groups excluding carboxylic acids is 3. The molecular formula is C35H38N4O4. The van der Waals surface area contributed by atoms with E-state index in [0.29, 0.717) is 35.7 Å². The molecule has 1 aliphatic carbocycles. The molecule has 0 saturated heterocycles. The molecule has 8 nitrogen and oxygen atoms in total. The molecule has 4 amide bonds. The lowest BCUT2D eigenvalue weighted by Crippen LogP contribution is -2.52. The van der Waals surface area contributed by atoms with Crippen molar-refractivity contribution in [2.75, 3.05) is 13.1 Å². The van der Waals surface area contributed by atoms with Gasteiger partial charge in [-0.25, -0.2) is 4.79 Å². The average Bonchev–Trinajstić information content (AvgIpc) is 3.37. The van der Waals surface area contributed by atoms with Gasteiger partial charge in [-0.1, -0.05) is 79.9 Å². The van der Waals surface area contributed by atoms with Crippen LogP contribution in [0.25, 0.3) is 0 Å². The minimum Gasteiger partial charge on any atom is -0.457 e. The van der Waals surface area contributed by atoms with Gasteiger partial charge in [0.1, 0.15) is 17.5 Å². The number of ether oxygens (including phenoxy) is 1. The summed E-state index contributed by atoms with van der Waals surface area (Å²) in [6, 6.07) is 25.2. The van der Waals surface area contributed by atoms with Crippen LogP contribution in [0.5, 0.6) is 11.5 Å². The molecule has 3 aliphatic rings. The van der Waals surface area contributed by atoms with Gasteiger partial charge in [-0.3, -0.25) is 14.5 Å². The Morgan fingerprint density at radius 1 is 0.930 bits per heavy atom. The first-order valence-electron chi connectivity index (χ1n) is 15.3. The maximum atomic E-state index is 14.4. The Bertz CT molecular complexity index is 1500. The van der Waals surface area contributed by atoms with E-state index in [2.05, 4.69) is 10.6 Å². The summed E-state index contributed by atoms with van der Waals surface area (Å²) >= 11 is 0. The van der Waals surface area contributed by atoms with Crippen LogP contribution in [-0.2, 0) is 16.0 Å². The lowest BCUT2D eigenvalue weighted by Gasteiger charge is -2.33. The zero-order valence-electron chi connectivity index (χ0n) is 24.5. The van der Waals surface area contributed by atoms with Crippen molar-refractivity contribution >= 4 is 17.8 Å². The van der Waals surface area contributed by atoms with Gasteiger partial charge < -0.3 is 20.3 Å². The standard InChI is InChI=1S/C35H38N4O4/c1-2-38-30-23-39(29(21-24-13-6-3-7-14-24)33(40)36-26-16-8-4-9-17-26)34(41)31(30)32(37-35(38)42)25-15-12-20-28(22-25)43-27-18-10-5-11-19-27/h3,5-7,10-15,18-20,22,26,29,32H,2,4,8-9,16-17,21,23H2,1H3,(H,36,40)(H,37,42). The smallest absolute Gasteiger partial charge is 0.322 e. The molecule has 1 saturated carbocycles. The molecule has 3 aromatic rings. The van der Waals surface area contributed by atoms with Crippen molar-refractivity contribution in [3.8, 4) is 11.5 Å². The van der Waals surface area contributed by atoms with E-state index in [1.54, 1.807) is 9.80 Å². The summed E-state index contributed by atoms with van der Waals surface area (Å²) < 4.78 is 6.06. The molecule has 6 rings (SSSR count). The van der Waals surface area contributed by atoms with Crippen molar-refractivity contribution in [2.45, 2.75) is 63.6 Å². The number of urea groups is 1. The minimum absolute atomic E-state index is 0.121. The Balaban J connectivity index is 1.31. The Morgan fingerprint density at radius 2 is 1.63 bits per heavy atom. The fraction of sp³-hybridized carbons (Fsp3) is 0.343. The fourth-order valence-corrected chi connectivity index (χ4v) is 6.46. The lowest BCUT2D eigenvalue weighted by molar-refractivity contribution is -0.137. The number of hydrogen-bond donors (Lipinski definition) is 2. The van der Waals surface area contributed by atoms with Gasteiger partial charge in [0.15, 0.2) is 0 Å². The molecule has 0 spiro atoms. The molecule has 3 aromatic carbocycles. The van der Waals surface area contributed by atoms with Crippen LogP contribution in [0.3, 0.4) is 0 Å². The molecule has 2 aliphatic heterocycles. The quantitative estimate of drug-likeness (QED) is 0.340. The highest BCUT2D eigenvalue weighted by atomic mass is 16.5. The summed E-state index contributed by atoms with van der Waals surface area (Å²) in [4.78, 5) is 44.9. The highest BCUT2D eigenvalue weighted by Gasteiger charge is 2.47. The topological polar surface area (TPSA) is 91.0 Å². The molecule has 2 unspecified atom stereocenters. The van der Waals surface area contributed by atoms with Crippen molar-refractivity contribution in [1.82, 2.24) is 20.4 Å². The van der Waals surface area contributed by atoms with Crippen LogP contribution in [0.2, 0.25) is 0 Å². The van der Waals surface area contributed by atoms with E-state index in [-0.39, 0.29) is 30.4 Å². The monoisotopic (exact) mass is 578 g/mol. The average molecular weight is 579 g/mol. The van der Waals surface area contributed by atoms with Crippen LogP contribution in [0.4, 0.5) is 4.79 Å². The third-order valence-corrected chi connectivity index (χ3v) is 8.64. The number of hydrogen-bond acceptors (Lipinski definition) is 4. The zero-order chi connectivity index (χ0) is 29.8. The third kappa shape index (κ3) is 6.14. The van der Waals surface area contributed by atoms with Crippen LogP contribution in [-0.4, -0.2) is 52.8 Å². The number of nitrogens with zero attached hydrogens (tertiary/aromatic N) is 2. The minimum atomic E-state index is -0.704. The van der Waals surface area contributed by atoms with E-state index in [1.807, 2.05) is 91.9 Å². The largest absolute Gasteiger partial charge is 0.457 e. The van der Waals surface area contributed by atoms with Gasteiger partial charge in [-0.15, -0.1) is 0 Å². The van der Waals surface area contributed by atoms with Crippen LogP contribution >= 0.6 is 0 Å². The van der Waals surface area contributed by atoms with E-state index >= 15 is 0 Å². The molecule has 0 aromatic heterocycles. The van der Waals surface area contributed by atoms with Gasteiger partial charge in [-0.05, 0) is 55.2 Å². The first-order chi connectivity index (χ1) is 21.0. The number of carbonyl (C=O) groups is 3. The fourth-order valence-electron chi connectivity index (χ4n) is 6.46. The predicted molar refractivity (Wildman–Crippen MR) is 164 cm³/mol. The number of para-hydroxylation sites is 1. The summed E-state index contributed by atoms with van der Waals surface area (Å²) in [6.07, 6.45) is 5.69. The van der Waals surface area contributed by atoms with Gasteiger partial charge >= 0.3 is 6.03 Å².